The molecule has 112 valence electrons. The number of β-amino-alcohol motifs (C(OH)–C–C–N with tert-alkyl or cyclic N) is 1. The number of aliphatic carboxylic acids is 2. The fourth-order valence-electron chi connectivity index (χ4n) is 2.26. The Morgan fingerprint density at radius 2 is 2.19 bits per heavy atom. The van der Waals surface area contributed by atoms with Gasteiger partial charge in [-0.2, -0.15) is 0 Å². The Bertz CT molecular complexity index is 599. The van der Waals surface area contributed by atoms with Gasteiger partial charge in [-0.15, -0.1) is 0 Å². The molecule has 0 aromatic heterocycles. The number of carbonyl (C=O) groups is 2. The molecule has 0 aliphatic carbocycles. The Balaban J connectivity index is 2.53. The lowest BCUT2D eigenvalue weighted by Crippen LogP contribution is -2.52. The van der Waals surface area contributed by atoms with Crippen molar-refractivity contribution in [2.45, 2.75) is 11.6 Å². The van der Waals surface area contributed by atoms with E-state index in [4.69, 9.17) is 9.84 Å². The molecular formula is C14H15NO6. The summed E-state index contributed by atoms with van der Waals surface area (Å²) in [7, 11) is 0. The van der Waals surface area contributed by atoms with Crippen molar-refractivity contribution < 1.29 is 29.6 Å². The molecule has 4 N–H and O–H groups in total. The molecule has 1 aromatic rings. The molecule has 0 saturated heterocycles. The number of nitrogens with one attached hydrogen (secondary N) is 1. The second-order valence-corrected chi connectivity index (χ2v) is 4.67. The highest BCUT2D eigenvalue weighted by molar-refractivity contribution is 5.84. The second-order valence-electron chi connectivity index (χ2n) is 4.67. The summed E-state index contributed by atoms with van der Waals surface area (Å²) in [6, 6.07) is 3.23. The molecular weight excluding hydrogens is 278 g/mol. The molecule has 1 heterocycles. The quantitative estimate of drug-likeness (QED) is 0.575. The van der Waals surface area contributed by atoms with Gasteiger partial charge in [-0.25, -0.2) is 4.79 Å². The van der Waals surface area contributed by atoms with E-state index in [1.54, 1.807) is 0 Å². The van der Waals surface area contributed by atoms with Crippen LogP contribution in [0.4, 0.5) is 0 Å². The summed E-state index contributed by atoms with van der Waals surface area (Å²) in [6.45, 7) is 3.31. The standard InChI is InChI=1S/C14H15NO6/c1-2-5-21-8-3-4-9-10(6-8)14(20,13(18)19)7-15-11(9)12(16)17/h2-4,6,11,15,20H,1,5,7H2,(H,16,17)(H,18,19). The van der Waals surface area contributed by atoms with Gasteiger partial charge in [0.15, 0.2) is 5.60 Å². The minimum absolute atomic E-state index is 0.0164. The highest BCUT2D eigenvalue weighted by atomic mass is 16.5. The van der Waals surface area contributed by atoms with E-state index < -0.39 is 30.1 Å². The Kier molecular flexibility index (Phi) is 3.97. The first-order valence-corrected chi connectivity index (χ1v) is 6.20. The van der Waals surface area contributed by atoms with Crippen LogP contribution in [0.2, 0.25) is 0 Å². The highest BCUT2D eigenvalue weighted by Gasteiger charge is 2.46. The number of aliphatic hydroxyl groups is 1. The van der Waals surface area contributed by atoms with Gasteiger partial charge in [0.1, 0.15) is 18.4 Å². The van der Waals surface area contributed by atoms with Gasteiger partial charge < -0.3 is 20.1 Å². The van der Waals surface area contributed by atoms with Crippen LogP contribution < -0.4 is 10.1 Å². The summed E-state index contributed by atoms with van der Waals surface area (Å²) in [5.41, 5.74) is -1.98. The molecule has 2 unspecified atom stereocenters. The maximum Gasteiger partial charge on any atom is 0.341 e. The van der Waals surface area contributed by atoms with Crippen LogP contribution in [-0.4, -0.2) is 40.4 Å². The van der Waals surface area contributed by atoms with Crippen LogP contribution in [0.5, 0.6) is 5.75 Å². The lowest BCUT2D eigenvalue weighted by atomic mass is 9.83. The second kappa shape index (κ2) is 5.55. The van der Waals surface area contributed by atoms with Crippen molar-refractivity contribution in [3.05, 3.63) is 42.0 Å². The molecule has 2 rings (SSSR count). The highest BCUT2D eigenvalue weighted by Crippen LogP contribution is 2.36. The van der Waals surface area contributed by atoms with Crippen molar-refractivity contribution in [3.8, 4) is 5.75 Å². The van der Waals surface area contributed by atoms with Crippen molar-refractivity contribution in [3.63, 3.8) is 0 Å². The van der Waals surface area contributed by atoms with Crippen LogP contribution in [0, 0.1) is 0 Å². The summed E-state index contributed by atoms with van der Waals surface area (Å²) in [5.74, 6) is -2.27. The van der Waals surface area contributed by atoms with Crippen LogP contribution in [0.3, 0.4) is 0 Å². The minimum Gasteiger partial charge on any atom is -0.490 e. The first-order chi connectivity index (χ1) is 9.90. The number of benzene rings is 1. The number of rotatable bonds is 5. The number of fused-ring (bicyclic) bond motifs is 1. The molecule has 1 aromatic carbocycles. The maximum absolute atomic E-state index is 11.3. The van der Waals surface area contributed by atoms with Crippen molar-refractivity contribution in [2.75, 3.05) is 13.2 Å². The molecule has 2 atom stereocenters. The number of ether oxygens (including phenoxy) is 1. The third kappa shape index (κ3) is 2.61. The number of carboxylic acids is 2. The minimum atomic E-state index is -2.20. The van der Waals surface area contributed by atoms with Crippen molar-refractivity contribution in [1.29, 1.82) is 0 Å². The monoisotopic (exact) mass is 293 g/mol. The van der Waals surface area contributed by atoms with Gasteiger partial charge in [-0.3, -0.25) is 10.1 Å². The van der Waals surface area contributed by atoms with E-state index in [9.17, 15) is 19.8 Å². The Labute approximate surface area is 120 Å². The summed E-state index contributed by atoms with van der Waals surface area (Å²) >= 11 is 0. The molecule has 7 heteroatoms. The zero-order chi connectivity index (χ0) is 15.6. The van der Waals surface area contributed by atoms with Gasteiger partial charge in [0.2, 0.25) is 0 Å². The van der Waals surface area contributed by atoms with E-state index in [0.717, 1.165) is 0 Å². The summed E-state index contributed by atoms with van der Waals surface area (Å²) in [5, 5.41) is 31.3. The van der Waals surface area contributed by atoms with E-state index in [-0.39, 0.29) is 17.7 Å². The Hall–Kier alpha value is -2.38. The largest absolute Gasteiger partial charge is 0.490 e. The third-order valence-electron chi connectivity index (χ3n) is 3.31. The van der Waals surface area contributed by atoms with Crippen molar-refractivity contribution >= 4 is 11.9 Å². The average molecular weight is 293 g/mol. The van der Waals surface area contributed by atoms with Crippen LogP contribution in [0.25, 0.3) is 0 Å². The first kappa shape index (κ1) is 15.0. The predicted molar refractivity (Wildman–Crippen MR) is 72.0 cm³/mol. The van der Waals surface area contributed by atoms with Gasteiger partial charge in [0, 0.05) is 12.1 Å². The van der Waals surface area contributed by atoms with Crippen LogP contribution in [-0.2, 0) is 15.2 Å². The molecule has 0 spiro atoms. The van der Waals surface area contributed by atoms with E-state index in [1.165, 1.54) is 24.3 Å². The van der Waals surface area contributed by atoms with E-state index in [2.05, 4.69) is 11.9 Å². The average Bonchev–Trinajstić information content (AvgIpc) is 2.45. The summed E-state index contributed by atoms with van der Waals surface area (Å²) < 4.78 is 5.30. The van der Waals surface area contributed by atoms with Gasteiger partial charge >= 0.3 is 11.9 Å². The first-order valence-electron chi connectivity index (χ1n) is 6.20. The van der Waals surface area contributed by atoms with E-state index >= 15 is 0 Å². The lowest BCUT2D eigenvalue weighted by molar-refractivity contribution is -0.161. The zero-order valence-electron chi connectivity index (χ0n) is 11.1. The lowest BCUT2D eigenvalue weighted by Gasteiger charge is -2.34. The predicted octanol–water partition coefficient (Wildman–Crippen LogP) is 0.252. The van der Waals surface area contributed by atoms with Crippen LogP contribution in [0.15, 0.2) is 30.9 Å². The molecule has 1 aliphatic heterocycles. The van der Waals surface area contributed by atoms with Crippen LogP contribution in [0.1, 0.15) is 17.2 Å². The maximum atomic E-state index is 11.3. The summed E-state index contributed by atoms with van der Waals surface area (Å²) in [4.78, 5) is 22.6. The molecule has 0 fully saturated rings. The zero-order valence-corrected chi connectivity index (χ0v) is 11.1. The molecule has 0 saturated carbocycles. The smallest absolute Gasteiger partial charge is 0.341 e. The van der Waals surface area contributed by atoms with Crippen molar-refractivity contribution in [2.24, 2.45) is 0 Å². The van der Waals surface area contributed by atoms with Gasteiger partial charge in [-0.1, -0.05) is 18.7 Å². The van der Waals surface area contributed by atoms with E-state index in [0.29, 0.717) is 5.75 Å². The van der Waals surface area contributed by atoms with Crippen LogP contribution >= 0.6 is 0 Å². The summed E-state index contributed by atoms with van der Waals surface area (Å²) in [6.07, 6.45) is 1.52. The topological polar surface area (TPSA) is 116 Å². The fraction of sp³-hybridized carbons (Fsp3) is 0.286. The normalized spacial score (nSPS) is 24.0. The number of hydrogen-bond acceptors (Lipinski definition) is 5. The van der Waals surface area contributed by atoms with Crippen molar-refractivity contribution in [1.82, 2.24) is 5.32 Å². The molecule has 7 nitrogen and oxygen atoms in total. The van der Waals surface area contributed by atoms with E-state index in [1.807, 2.05) is 0 Å². The number of hydrogen-bond donors (Lipinski definition) is 4. The molecule has 1 aliphatic rings. The van der Waals surface area contributed by atoms with Gasteiger partial charge in [0.05, 0.1) is 0 Å². The SMILES string of the molecule is C=CCOc1ccc2c(c1)C(O)(C(=O)O)CNC2C(=O)O. The molecule has 0 bridgehead atoms. The third-order valence-corrected chi connectivity index (χ3v) is 3.31. The molecule has 0 amide bonds. The fourth-order valence-corrected chi connectivity index (χ4v) is 2.26. The Morgan fingerprint density at radius 1 is 1.48 bits per heavy atom. The molecule has 0 radical (unpaired) electrons. The Morgan fingerprint density at radius 3 is 2.76 bits per heavy atom. The molecule has 21 heavy (non-hydrogen) atoms. The van der Waals surface area contributed by atoms with Gasteiger partial charge in [0.25, 0.3) is 0 Å². The van der Waals surface area contributed by atoms with Gasteiger partial charge in [-0.05, 0) is 17.7 Å². The number of carboxylic acid groups (broad SMARTS) is 2.